The highest BCUT2D eigenvalue weighted by atomic mass is 79.9. The van der Waals surface area contributed by atoms with Crippen molar-refractivity contribution in [2.75, 3.05) is 6.61 Å². The molecule has 2 N–H and O–H groups in total. The Morgan fingerprint density at radius 1 is 1.48 bits per heavy atom. The molecule has 3 rings (SSSR count). The van der Waals surface area contributed by atoms with Gasteiger partial charge in [-0.2, -0.15) is 0 Å². The largest absolute Gasteiger partial charge is 0.491 e. The van der Waals surface area contributed by atoms with Crippen molar-refractivity contribution in [1.29, 1.82) is 0 Å². The van der Waals surface area contributed by atoms with Gasteiger partial charge >= 0.3 is 0 Å². The number of imidazole rings is 1. The Bertz CT molecular complexity index is 706. The number of aromatic nitrogens is 2. The van der Waals surface area contributed by atoms with Gasteiger partial charge in [0.2, 0.25) is 0 Å². The lowest BCUT2D eigenvalue weighted by molar-refractivity contribution is 0.306. The van der Waals surface area contributed by atoms with E-state index in [0.29, 0.717) is 12.4 Å². The van der Waals surface area contributed by atoms with Crippen LogP contribution >= 0.6 is 15.9 Å². The van der Waals surface area contributed by atoms with E-state index in [1.807, 2.05) is 38.2 Å². The van der Waals surface area contributed by atoms with Gasteiger partial charge in [-0.25, -0.2) is 4.98 Å². The van der Waals surface area contributed by atoms with Gasteiger partial charge in [-0.15, -0.1) is 0 Å². The summed E-state index contributed by atoms with van der Waals surface area (Å²) in [7, 11) is 0. The molecule has 0 unspecified atom stereocenters. The average molecular weight is 349 g/mol. The van der Waals surface area contributed by atoms with Crippen molar-refractivity contribution in [2.45, 2.75) is 26.4 Å². The molecule has 1 aliphatic rings. The van der Waals surface area contributed by atoms with Crippen LogP contribution in [-0.2, 0) is 6.54 Å². The summed E-state index contributed by atoms with van der Waals surface area (Å²) < 4.78 is 8.84. The molecule has 0 bridgehead atoms. The molecule has 0 aliphatic carbocycles. The second-order valence-electron chi connectivity index (χ2n) is 5.24. The molecule has 5 nitrogen and oxygen atoms in total. The molecular formula is C15H17BrN4O. The number of ether oxygens (including phenoxy) is 1. The van der Waals surface area contributed by atoms with E-state index >= 15 is 0 Å². The molecule has 0 spiro atoms. The Hall–Kier alpha value is -1.82. The summed E-state index contributed by atoms with van der Waals surface area (Å²) in [6.07, 6.45) is 1.94. The highest BCUT2D eigenvalue weighted by Crippen LogP contribution is 2.34. The van der Waals surface area contributed by atoms with Gasteiger partial charge < -0.3 is 15.0 Å². The third-order valence-electron chi connectivity index (χ3n) is 3.21. The zero-order valence-electron chi connectivity index (χ0n) is 12.0. The molecule has 1 aliphatic heterocycles. The molecular weight excluding hydrogens is 332 g/mol. The van der Waals surface area contributed by atoms with Crippen LogP contribution in [0.25, 0.3) is 11.4 Å². The summed E-state index contributed by atoms with van der Waals surface area (Å²) in [5.74, 6) is 2.18. The molecule has 0 radical (unpaired) electrons. The van der Waals surface area contributed by atoms with Crippen LogP contribution in [0, 0.1) is 0 Å². The van der Waals surface area contributed by atoms with E-state index in [-0.39, 0.29) is 6.04 Å². The van der Waals surface area contributed by atoms with Gasteiger partial charge in [-0.1, -0.05) is 15.9 Å². The summed E-state index contributed by atoms with van der Waals surface area (Å²) in [6.45, 7) is 5.33. The van der Waals surface area contributed by atoms with E-state index in [1.54, 1.807) is 0 Å². The van der Waals surface area contributed by atoms with Crippen molar-refractivity contribution >= 4 is 21.8 Å². The second-order valence-corrected chi connectivity index (χ2v) is 6.16. The van der Waals surface area contributed by atoms with Crippen LogP contribution in [0.1, 0.15) is 19.5 Å². The van der Waals surface area contributed by atoms with Crippen LogP contribution in [0.5, 0.6) is 5.75 Å². The highest BCUT2D eigenvalue weighted by molar-refractivity contribution is 9.10. The summed E-state index contributed by atoms with van der Waals surface area (Å²) in [5, 5.41) is 0. The molecule has 0 saturated carbocycles. The molecule has 1 aromatic carbocycles. The quantitative estimate of drug-likeness (QED) is 0.670. The van der Waals surface area contributed by atoms with E-state index in [9.17, 15) is 0 Å². The summed E-state index contributed by atoms with van der Waals surface area (Å²) in [4.78, 5) is 9.01. The number of halogens is 1. The van der Waals surface area contributed by atoms with Gasteiger partial charge in [0.1, 0.15) is 29.7 Å². The zero-order valence-corrected chi connectivity index (χ0v) is 13.6. The Kier molecular flexibility index (Phi) is 3.71. The lowest BCUT2D eigenvalue weighted by Gasteiger charge is -2.06. The first-order valence-corrected chi connectivity index (χ1v) is 7.67. The van der Waals surface area contributed by atoms with Crippen molar-refractivity contribution < 1.29 is 4.74 Å². The summed E-state index contributed by atoms with van der Waals surface area (Å²) in [6, 6.07) is 6.10. The average Bonchev–Trinajstić information content (AvgIpc) is 2.75. The molecule has 6 heteroatoms. The number of nitrogens with zero attached hydrogens (tertiary/aromatic N) is 3. The van der Waals surface area contributed by atoms with Crippen LogP contribution < -0.4 is 10.5 Å². The Labute approximate surface area is 132 Å². The van der Waals surface area contributed by atoms with E-state index in [0.717, 1.165) is 33.8 Å². The predicted molar refractivity (Wildman–Crippen MR) is 86.7 cm³/mol. The van der Waals surface area contributed by atoms with Crippen molar-refractivity contribution in [3.63, 3.8) is 0 Å². The van der Waals surface area contributed by atoms with Crippen LogP contribution in [0.2, 0.25) is 0 Å². The van der Waals surface area contributed by atoms with Gasteiger partial charge in [0.05, 0.1) is 12.1 Å². The highest BCUT2D eigenvalue weighted by Gasteiger charge is 2.19. The van der Waals surface area contributed by atoms with Crippen LogP contribution in [0.15, 0.2) is 33.9 Å². The van der Waals surface area contributed by atoms with E-state index in [4.69, 9.17) is 10.5 Å². The SMILES string of the molecule is CC(C)N=C(N)c1cn2c(n1)-c1ccc(Br)cc1OCC2. The number of fused-ring (bicyclic) bond motifs is 3. The monoisotopic (exact) mass is 348 g/mol. The van der Waals surface area contributed by atoms with Crippen molar-refractivity contribution in [3.8, 4) is 17.1 Å². The molecule has 0 saturated heterocycles. The smallest absolute Gasteiger partial charge is 0.146 e. The summed E-state index contributed by atoms with van der Waals surface area (Å²) >= 11 is 3.47. The minimum atomic E-state index is 0.151. The van der Waals surface area contributed by atoms with E-state index in [2.05, 4.69) is 30.5 Å². The molecule has 2 heterocycles. The predicted octanol–water partition coefficient (Wildman–Crippen LogP) is 2.82. The maximum Gasteiger partial charge on any atom is 0.146 e. The van der Waals surface area contributed by atoms with Gasteiger partial charge in [0.15, 0.2) is 0 Å². The molecule has 0 amide bonds. The molecule has 0 fully saturated rings. The number of rotatable bonds is 2. The minimum Gasteiger partial charge on any atom is -0.491 e. The number of amidine groups is 1. The first-order valence-electron chi connectivity index (χ1n) is 6.88. The number of benzene rings is 1. The van der Waals surface area contributed by atoms with Crippen LogP contribution in [0.4, 0.5) is 0 Å². The Morgan fingerprint density at radius 2 is 2.29 bits per heavy atom. The van der Waals surface area contributed by atoms with Gasteiger partial charge in [0, 0.05) is 16.7 Å². The fourth-order valence-electron chi connectivity index (χ4n) is 2.32. The first kappa shape index (κ1) is 14.1. The minimum absolute atomic E-state index is 0.151. The molecule has 110 valence electrons. The standard InChI is InChI=1S/C15H17BrN4O/c1-9(2)18-14(17)12-8-20-5-6-21-13-7-10(16)3-4-11(13)15(20)19-12/h3-4,7-9H,5-6H2,1-2H3,(H2,17,18). The molecule has 2 aromatic rings. The van der Waals surface area contributed by atoms with Gasteiger partial charge in [-0.3, -0.25) is 4.99 Å². The van der Waals surface area contributed by atoms with Gasteiger partial charge in [0.25, 0.3) is 0 Å². The van der Waals surface area contributed by atoms with Crippen molar-refractivity contribution in [1.82, 2.24) is 9.55 Å². The summed E-state index contributed by atoms with van der Waals surface area (Å²) in [5.41, 5.74) is 7.72. The zero-order chi connectivity index (χ0) is 15.0. The number of hydrogen-bond acceptors (Lipinski definition) is 3. The van der Waals surface area contributed by atoms with Crippen LogP contribution in [0.3, 0.4) is 0 Å². The normalized spacial score (nSPS) is 14.4. The third kappa shape index (κ3) is 2.81. The topological polar surface area (TPSA) is 65.4 Å². The Balaban J connectivity index is 2.09. The Morgan fingerprint density at radius 3 is 3.05 bits per heavy atom. The fraction of sp³-hybridized carbons (Fsp3) is 0.333. The van der Waals surface area contributed by atoms with E-state index < -0.39 is 0 Å². The van der Waals surface area contributed by atoms with Crippen LogP contribution in [-0.4, -0.2) is 28.0 Å². The maximum absolute atomic E-state index is 6.03. The van der Waals surface area contributed by atoms with Crippen molar-refractivity contribution in [3.05, 3.63) is 34.6 Å². The molecule has 21 heavy (non-hydrogen) atoms. The lowest BCUT2D eigenvalue weighted by Crippen LogP contribution is -2.16. The number of hydrogen-bond donors (Lipinski definition) is 1. The third-order valence-corrected chi connectivity index (χ3v) is 3.70. The molecule has 1 aromatic heterocycles. The number of aliphatic imine (C=N–C) groups is 1. The fourth-order valence-corrected chi connectivity index (χ4v) is 2.66. The first-order chi connectivity index (χ1) is 10.0. The lowest BCUT2D eigenvalue weighted by atomic mass is 10.2. The van der Waals surface area contributed by atoms with Gasteiger partial charge in [-0.05, 0) is 32.0 Å². The second kappa shape index (κ2) is 5.52. The maximum atomic E-state index is 6.03. The van der Waals surface area contributed by atoms with E-state index in [1.165, 1.54) is 0 Å². The molecule has 0 atom stereocenters. The number of nitrogens with two attached hydrogens (primary N) is 1. The van der Waals surface area contributed by atoms with Crippen molar-refractivity contribution in [2.24, 2.45) is 10.7 Å².